The molecule has 3 N–H and O–H groups in total. The molecule has 1 aromatic carbocycles. The van der Waals surface area contributed by atoms with Crippen LogP contribution in [0.2, 0.25) is 0 Å². The number of sulfonamides is 1. The molecule has 0 aliphatic rings. The van der Waals surface area contributed by atoms with Crippen LogP contribution in [0.3, 0.4) is 0 Å². The zero-order valence-corrected chi connectivity index (χ0v) is 16.7. The summed E-state index contributed by atoms with van der Waals surface area (Å²) in [7, 11) is -8.16. The van der Waals surface area contributed by atoms with Gasteiger partial charge in [0.15, 0.2) is 0 Å². The van der Waals surface area contributed by atoms with E-state index in [0.717, 1.165) is 13.1 Å². The number of H-pyrrole nitrogens is 1. The third-order valence-corrected chi connectivity index (χ3v) is 7.03. The molecule has 0 radical (unpaired) electrons. The summed E-state index contributed by atoms with van der Waals surface area (Å²) in [4.78, 5) is 23.3. The minimum Gasteiger partial charge on any atom is -0.321 e. The number of aromatic nitrogens is 1. The summed E-state index contributed by atoms with van der Waals surface area (Å²) >= 11 is 0. The van der Waals surface area contributed by atoms with Gasteiger partial charge in [0.1, 0.15) is 5.30 Å². The third-order valence-electron chi connectivity index (χ3n) is 3.99. The Labute approximate surface area is 158 Å². The molecule has 0 amide bonds. The Bertz CT molecular complexity index is 1110. The summed E-state index contributed by atoms with van der Waals surface area (Å²) in [6.07, 6.45) is -5.32. The first kappa shape index (κ1) is 22.6. The highest BCUT2D eigenvalue weighted by Gasteiger charge is 2.38. The molecule has 1 aromatic heterocycles. The molecule has 156 valence electrons. The van der Waals surface area contributed by atoms with Crippen molar-refractivity contribution in [3.05, 3.63) is 34.1 Å². The quantitative estimate of drug-likeness (QED) is 0.589. The zero-order valence-electron chi connectivity index (χ0n) is 15.0. The molecule has 2 aromatic rings. The lowest BCUT2D eigenvalue weighted by atomic mass is 10.1. The summed E-state index contributed by atoms with van der Waals surface area (Å²) in [6, 6.07) is 1.99. The van der Waals surface area contributed by atoms with Crippen molar-refractivity contribution in [3.63, 3.8) is 0 Å². The van der Waals surface area contributed by atoms with Crippen LogP contribution < -0.4 is 15.6 Å². The van der Waals surface area contributed by atoms with Crippen molar-refractivity contribution in [1.29, 1.82) is 0 Å². The fraction of sp³-hybridized carbons (Fsp3) is 0.400. The largest absolute Gasteiger partial charge is 0.417 e. The summed E-state index contributed by atoms with van der Waals surface area (Å²) < 4.78 is 83.2. The monoisotopic (exact) mass is 442 g/mol. The number of benzene rings is 1. The maximum absolute atomic E-state index is 13.3. The van der Waals surface area contributed by atoms with E-state index < -0.39 is 51.2 Å². The summed E-state index contributed by atoms with van der Waals surface area (Å²) in [5, 5.41) is -0.883. The molecule has 2 atom stereocenters. The van der Waals surface area contributed by atoms with Gasteiger partial charge < -0.3 is 14.4 Å². The van der Waals surface area contributed by atoms with E-state index in [-0.39, 0.29) is 10.9 Å². The Morgan fingerprint density at radius 1 is 1.32 bits per heavy atom. The molecular weight excluding hydrogens is 424 g/mol. The van der Waals surface area contributed by atoms with Gasteiger partial charge >= 0.3 is 13.8 Å². The van der Waals surface area contributed by atoms with Crippen LogP contribution >= 0.6 is 7.60 Å². The number of rotatable bonds is 6. The highest BCUT2D eigenvalue weighted by molar-refractivity contribution is 7.89. The Balaban J connectivity index is 2.82. The first-order valence-corrected chi connectivity index (χ1v) is 11.0. The van der Waals surface area contributed by atoms with Crippen LogP contribution in [0.4, 0.5) is 13.2 Å². The van der Waals surface area contributed by atoms with E-state index in [1.54, 1.807) is 11.6 Å². The summed E-state index contributed by atoms with van der Waals surface area (Å²) in [5.41, 5.74) is -2.94. The van der Waals surface area contributed by atoms with Gasteiger partial charge in [-0.15, -0.1) is 0 Å². The lowest BCUT2D eigenvalue weighted by molar-refractivity contribution is -0.139. The lowest BCUT2D eigenvalue weighted by Crippen LogP contribution is -2.29. The normalized spacial score (nSPS) is 16.1. The maximum atomic E-state index is 13.3. The van der Waals surface area contributed by atoms with E-state index in [4.69, 9.17) is 4.52 Å². The molecule has 13 heteroatoms. The van der Waals surface area contributed by atoms with Gasteiger partial charge in [0, 0.05) is 10.9 Å². The molecule has 0 bridgehead atoms. The van der Waals surface area contributed by atoms with E-state index in [2.05, 4.69) is 4.98 Å². The van der Waals surface area contributed by atoms with Crippen molar-refractivity contribution in [1.82, 2.24) is 9.71 Å². The molecule has 0 fully saturated rings. The minimum absolute atomic E-state index is 0.182. The van der Waals surface area contributed by atoms with E-state index >= 15 is 0 Å². The smallest absolute Gasteiger partial charge is 0.321 e. The first-order chi connectivity index (χ1) is 12.7. The fourth-order valence-electron chi connectivity index (χ4n) is 2.36. The number of hydrogen-bond donors (Lipinski definition) is 3. The number of aromatic amines is 1. The molecule has 2 rings (SSSR count). The molecule has 0 saturated carbocycles. The molecule has 0 aliphatic heterocycles. The predicted molar refractivity (Wildman–Crippen MR) is 96.1 cm³/mol. The van der Waals surface area contributed by atoms with Gasteiger partial charge in [0.25, 0.3) is 5.56 Å². The lowest BCUT2D eigenvalue weighted by Gasteiger charge is -2.17. The van der Waals surface area contributed by atoms with Crippen molar-refractivity contribution in [2.75, 3.05) is 7.05 Å². The Hall–Kier alpha value is -1.72. The highest BCUT2D eigenvalue weighted by atomic mass is 32.2. The first-order valence-electron chi connectivity index (χ1n) is 7.96. The second-order valence-corrected chi connectivity index (χ2v) is 9.56. The number of halogens is 3. The van der Waals surface area contributed by atoms with E-state index in [1.807, 2.05) is 0 Å². The van der Waals surface area contributed by atoms with E-state index in [9.17, 15) is 35.8 Å². The molecule has 28 heavy (non-hydrogen) atoms. The molecule has 0 spiro atoms. The topological polar surface area (TPSA) is 126 Å². The number of alkyl halides is 3. The average molecular weight is 442 g/mol. The standard InChI is InChI=1S/C15H18F3N2O6PS/c1-4-8(2)26-27(22,23)12-5-9-6-13(28(24,25)19-3)10(15(16,17)18)7-11(9)20-14(12)21/h5-8,19H,4H2,1-3H3,(H,20,21)(H,22,23). The van der Waals surface area contributed by atoms with Crippen LogP contribution in [0.25, 0.3) is 10.9 Å². The van der Waals surface area contributed by atoms with Crippen LogP contribution in [0.1, 0.15) is 25.8 Å². The zero-order chi connectivity index (χ0) is 21.5. The Kier molecular flexibility index (Phi) is 6.13. The number of pyridine rings is 1. The van der Waals surface area contributed by atoms with Gasteiger partial charge in [-0.05, 0) is 38.6 Å². The second-order valence-electron chi connectivity index (χ2n) is 5.97. The number of fused-ring (bicyclic) bond motifs is 1. The third kappa shape index (κ3) is 4.47. The van der Waals surface area contributed by atoms with E-state index in [1.165, 1.54) is 6.92 Å². The van der Waals surface area contributed by atoms with Crippen molar-refractivity contribution in [2.45, 2.75) is 37.4 Å². The number of hydrogen-bond acceptors (Lipinski definition) is 5. The number of nitrogens with one attached hydrogen (secondary N) is 2. The van der Waals surface area contributed by atoms with Gasteiger partial charge in [0.2, 0.25) is 10.0 Å². The van der Waals surface area contributed by atoms with Crippen LogP contribution in [0, 0.1) is 0 Å². The van der Waals surface area contributed by atoms with E-state index in [0.29, 0.717) is 18.6 Å². The van der Waals surface area contributed by atoms with Gasteiger partial charge in [-0.25, -0.2) is 13.1 Å². The second kappa shape index (κ2) is 7.60. The van der Waals surface area contributed by atoms with Crippen LogP contribution in [-0.2, 0) is 25.3 Å². The van der Waals surface area contributed by atoms with Crippen LogP contribution in [0.5, 0.6) is 0 Å². The molecule has 2 unspecified atom stereocenters. The molecule has 0 aliphatic carbocycles. The van der Waals surface area contributed by atoms with Crippen molar-refractivity contribution >= 4 is 33.8 Å². The average Bonchev–Trinajstić information content (AvgIpc) is 2.58. The van der Waals surface area contributed by atoms with Crippen LogP contribution in [-0.4, -0.2) is 31.4 Å². The molecule has 1 heterocycles. The van der Waals surface area contributed by atoms with Crippen molar-refractivity contribution < 1.29 is 35.6 Å². The van der Waals surface area contributed by atoms with Gasteiger partial charge in [0.05, 0.1) is 16.6 Å². The molecular formula is C15H18F3N2O6PS. The maximum Gasteiger partial charge on any atom is 0.417 e. The van der Waals surface area contributed by atoms with Crippen molar-refractivity contribution in [2.24, 2.45) is 0 Å². The van der Waals surface area contributed by atoms with Gasteiger partial charge in [-0.1, -0.05) is 6.92 Å². The Morgan fingerprint density at radius 3 is 2.43 bits per heavy atom. The predicted octanol–water partition coefficient (Wildman–Crippen LogP) is 2.08. The minimum atomic E-state index is -5.02. The fourth-order valence-corrected chi connectivity index (χ4v) is 4.69. The van der Waals surface area contributed by atoms with Crippen molar-refractivity contribution in [3.8, 4) is 0 Å². The van der Waals surface area contributed by atoms with Crippen LogP contribution in [0.15, 0.2) is 27.9 Å². The summed E-state index contributed by atoms with van der Waals surface area (Å²) in [5.74, 6) is 0. The molecule has 0 saturated heterocycles. The highest BCUT2D eigenvalue weighted by Crippen LogP contribution is 2.42. The molecule has 8 nitrogen and oxygen atoms in total. The summed E-state index contributed by atoms with van der Waals surface area (Å²) in [6.45, 7) is 3.19. The van der Waals surface area contributed by atoms with Gasteiger partial charge in [-0.3, -0.25) is 9.36 Å². The Morgan fingerprint density at radius 2 is 1.93 bits per heavy atom. The van der Waals surface area contributed by atoms with Gasteiger partial charge in [-0.2, -0.15) is 13.2 Å². The SMILES string of the molecule is CCC(C)OP(=O)(O)c1cc2cc(S(=O)(=O)NC)c(C(F)(F)F)cc2[nH]c1=O.